The fourth-order valence-corrected chi connectivity index (χ4v) is 4.78. The Hall–Kier alpha value is -1.66. The molecule has 26 heavy (non-hydrogen) atoms. The Labute approximate surface area is 155 Å². The molecule has 4 rings (SSSR count). The topological polar surface area (TPSA) is 66.5 Å². The van der Waals surface area contributed by atoms with Gasteiger partial charge in [0.1, 0.15) is 5.82 Å². The van der Waals surface area contributed by atoms with E-state index < -0.39 is 0 Å². The van der Waals surface area contributed by atoms with Crippen LogP contribution in [0.25, 0.3) is 0 Å². The second kappa shape index (κ2) is 7.53. The molecular formula is C20H30N4O2. The normalized spacial score (nSPS) is 31.5. The maximum atomic E-state index is 12.9. The van der Waals surface area contributed by atoms with Gasteiger partial charge in [0.05, 0.1) is 18.1 Å². The molecule has 1 aliphatic carbocycles. The third kappa shape index (κ3) is 3.45. The first-order valence-electron chi connectivity index (χ1n) is 9.98. The number of anilines is 1. The maximum absolute atomic E-state index is 12.9. The van der Waals surface area contributed by atoms with Gasteiger partial charge in [0, 0.05) is 32.4 Å². The van der Waals surface area contributed by atoms with Crippen LogP contribution in [0.2, 0.25) is 0 Å². The fourth-order valence-electron chi connectivity index (χ4n) is 4.78. The largest absolute Gasteiger partial charge is 0.375 e. The first kappa shape index (κ1) is 17.7. The molecule has 2 saturated heterocycles. The lowest BCUT2D eigenvalue weighted by Gasteiger charge is -2.37. The number of amides is 1. The third-order valence-electron chi connectivity index (χ3n) is 6.32. The predicted octanol–water partition coefficient (Wildman–Crippen LogP) is 1.70. The number of rotatable bonds is 4. The quantitative estimate of drug-likeness (QED) is 0.858. The molecule has 1 saturated carbocycles. The molecule has 6 nitrogen and oxygen atoms in total. The van der Waals surface area contributed by atoms with Gasteiger partial charge in [-0.3, -0.25) is 4.79 Å². The first-order valence-corrected chi connectivity index (χ1v) is 9.98. The molecule has 1 unspecified atom stereocenters. The van der Waals surface area contributed by atoms with E-state index in [-0.39, 0.29) is 17.4 Å². The minimum atomic E-state index is -0.185. The Bertz CT molecular complexity index is 635. The molecule has 6 heteroatoms. The molecule has 2 N–H and O–H groups in total. The molecule has 3 heterocycles. The standard InChI is InChI=1S/C20H30N4O2/c1-15-13-24(8-9-26-15)18-6-5-16(10-22-18)11-23-19(25)20-7-3-2-4-17(20)12-21-14-20/h5-6,10,15,17,21H,2-4,7-9,11-14H2,1H3,(H,23,25)/t15?,17-,20+/m0/s1. The Morgan fingerprint density at radius 1 is 1.46 bits per heavy atom. The van der Waals surface area contributed by atoms with Crippen LogP contribution in [0.3, 0.4) is 0 Å². The average molecular weight is 358 g/mol. The number of aromatic nitrogens is 1. The molecule has 3 atom stereocenters. The highest BCUT2D eigenvalue weighted by molar-refractivity contribution is 5.83. The number of carbonyl (C=O) groups is 1. The van der Waals surface area contributed by atoms with Crippen molar-refractivity contribution in [3.8, 4) is 0 Å². The number of nitrogens with zero attached hydrogens (tertiary/aromatic N) is 2. The van der Waals surface area contributed by atoms with E-state index >= 15 is 0 Å². The second-order valence-electron chi connectivity index (χ2n) is 8.06. The van der Waals surface area contributed by atoms with Crippen LogP contribution < -0.4 is 15.5 Å². The van der Waals surface area contributed by atoms with E-state index in [2.05, 4.69) is 39.6 Å². The minimum Gasteiger partial charge on any atom is -0.375 e. The van der Waals surface area contributed by atoms with Gasteiger partial charge in [0.25, 0.3) is 0 Å². The number of carbonyl (C=O) groups excluding carboxylic acids is 1. The Morgan fingerprint density at radius 2 is 2.38 bits per heavy atom. The zero-order chi connectivity index (χ0) is 18.0. The number of ether oxygens (including phenoxy) is 1. The SMILES string of the molecule is CC1CN(c2ccc(CNC(=O)[C@@]34CCCC[C@H]3CNC4)cn2)CCO1. The van der Waals surface area contributed by atoms with Crippen molar-refractivity contribution >= 4 is 11.7 Å². The van der Waals surface area contributed by atoms with Gasteiger partial charge >= 0.3 is 0 Å². The van der Waals surface area contributed by atoms with Crippen molar-refractivity contribution in [3.05, 3.63) is 23.9 Å². The maximum Gasteiger partial charge on any atom is 0.228 e. The van der Waals surface area contributed by atoms with Crippen LogP contribution in [0.15, 0.2) is 18.3 Å². The fraction of sp³-hybridized carbons (Fsp3) is 0.700. The summed E-state index contributed by atoms with van der Waals surface area (Å²) < 4.78 is 5.59. The highest BCUT2D eigenvalue weighted by atomic mass is 16.5. The van der Waals surface area contributed by atoms with Crippen molar-refractivity contribution in [2.24, 2.45) is 11.3 Å². The van der Waals surface area contributed by atoms with Gasteiger partial charge in [0.15, 0.2) is 0 Å². The predicted molar refractivity (Wildman–Crippen MR) is 101 cm³/mol. The van der Waals surface area contributed by atoms with E-state index in [0.29, 0.717) is 12.5 Å². The van der Waals surface area contributed by atoms with Crippen molar-refractivity contribution < 1.29 is 9.53 Å². The van der Waals surface area contributed by atoms with E-state index in [1.807, 2.05) is 6.20 Å². The zero-order valence-corrected chi connectivity index (χ0v) is 15.7. The average Bonchev–Trinajstić information content (AvgIpc) is 3.12. The van der Waals surface area contributed by atoms with Crippen molar-refractivity contribution in [3.63, 3.8) is 0 Å². The van der Waals surface area contributed by atoms with E-state index in [1.165, 1.54) is 19.3 Å². The summed E-state index contributed by atoms with van der Waals surface area (Å²) in [5.74, 6) is 1.71. The molecule has 0 bridgehead atoms. The van der Waals surface area contributed by atoms with Crippen LogP contribution in [-0.2, 0) is 16.1 Å². The summed E-state index contributed by atoms with van der Waals surface area (Å²) in [6.45, 7) is 6.96. The third-order valence-corrected chi connectivity index (χ3v) is 6.32. The first-order chi connectivity index (χ1) is 12.7. The van der Waals surface area contributed by atoms with Gasteiger partial charge in [-0.25, -0.2) is 4.98 Å². The number of fused-ring (bicyclic) bond motifs is 1. The van der Waals surface area contributed by atoms with E-state index in [9.17, 15) is 4.79 Å². The van der Waals surface area contributed by atoms with Gasteiger partial charge in [0.2, 0.25) is 5.91 Å². The monoisotopic (exact) mass is 358 g/mol. The molecule has 1 aromatic heterocycles. The summed E-state index contributed by atoms with van der Waals surface area (Å²) in [6.07, 6.45) is 6.75. The summed E-state index contributed by atoms with van der Waals surface area (Å²) in [7, 11) is 0. The van der Waals surface area contributed by atoms with Gasteiger partial charge in [-0.15, -0.1) is 0 Å². The summed E-state index contributed by atoms with van der Waals surface area (Å²) in [4.78, 5) is 19.8. The van der Waals surface area contributed by atoms with Crippen LogP contribution in [0.4, 0.5) is 5.82 Å². The van der Waals surface area contributed by atoms with E-state index in [1.54, 1.807) is 0 Å². The van der Waals surface area contributed by atoms with Crippen LogP contribution in [-0.4, -0.2) is 49.8 Å². The minimum absolute atomic E-state index is 0.185. The summed E-state index contributed by atoms with van der Waals surface area (Å²) in [6, 6.07) is 4.13. The zero-order valence-electron chi connectivity index (χ0n) is 15.7. The molecule has 142 valence electrons. The number of hydrogen-bond acceptors (Lipinski definition) is 5. The lowest BCUT2D eigenvalue weighted by atomic mass is 9.67. The Balaban J connectivity index is 1.35. The van der Waals surface area contributed by atoms with Crippen LogP contribution in [0.1, 0.15) is 38.2 Å². The number of hydrogen-bond donors (Lipinski definition) is 2. The van der Waals surface area contributed by atoms with Gasteiger partial charge in [-0.05, 0) is 43.9 Å². The van der Waals surface area contributed by atoms with Gasteiger partial charge < -0.3 is 20.3 Å². The lowest BCUT2D eigenvalue weighted by Crippen LogP contribution is -2.47. The summed E-state index contributed by atoms with van der Waals surface area (Å²) in [5, 5.41) is 6.63. The smallest absolute Gasteiger partial charge is 0.228 e. The second-order valence-corrected chi connectivity index (χ2v) is 8.06. The molecule has 0 radical (unpaired) electrons. The summed E-state index contributed by atoms with van der Waals surface area (Å²) >= 11 is 0. The molecule has 3 aliphatic rings. The van der Waals surface area contributed by atoms with Crippen LogP contribution in [0.5, 0.6) is 0 Å². The van der Waals surface area contributed by atoms with Crippen molar-refractivity contribution in [1.29, 1.82) is 0 Å². The van der Waals surface area contributed by atoms with Gasteiger partial charge in [-0.2, -0.15) is 0 Å². The highest BCUT2D eigenvalue weighted by Gasteiger charge is 2.49. The molecule has 0 aromatic carbocycles. The summed E-state index contributed by atoms with van der Waals surface area (Å²) in [5.41, 5.74) is 0.869. The number of pyridine rings is 1. The van der Waals surface area contributed by atoms with E-state index in [4.69, 9.17) is 4.74 Å². The van der Waals surface area contributed by atoms with Crippen LogP contribution >= 0.6 is 0 Å². The Kier molecular flexibility index (Phi) is 5.14. The highest BCUT2D eigenvalue weighted by Crippen LogP contribution is 2.43. The molecule has 0 spiro atoms. The molecular weight excluding hydrogens is 328 g/mol. The van der Waals surface area contributed by atoms with E-state index in [0.717, 1.165) is 50.6 Å². The number of nitrogens with one attached hydrogen (secondary N) is 2. The molecule has 3 fully saturated rings. The number of morpholine rings is 1. The Morgan fingerprint density at radius 3 is 3.19 bits per heavy atom. The van der Waals surface area contributed by atoms with Crippen LogP contribution in [0, 0.1) is 11.3 Å². The molecule has 2 aliphatic heterocycles. The van der Waals surface area contributed by atoms with Crippen molar-refractivity contribution in [2.75, 3.05) is 37.7 Å². The molecule has 1 aromatic rings. The molecule has 1 amide bonds. The lowest BCUT2D eigenvalue weighted by molar-refractivity contribution is -0.134. The van der Waals surface area contributed by atoms with Crippen molar-refractivity contribution in [1.82, 2.24) is 15.6 Å². The van der Waals surface area contributed by atoms with Gasteiger partial charge in [-0.1, -0.05) is 18.9 Å². The van der Waals surface area contributed by atoms with Crippen molar-refractivity contribution in [2.45, 2.75) is 45.3 Å².